The van der Waals surface area contributed by atoms with Crippen LogP contribution in [0.25, 0.3) is 0 Å². The van der Waals surface area contributed by atoms with Crippen LogP contribution >= 0.6 is 0 Å². The molecule has 1 aromatic heterocycles. The summed E-state index contributed by atoms with van der Waals surface area (Å²) in [5.41, 5.74) is 2.93. The van der Waals surface area contributed by atoms with Crippen molar-refractivity contribution in [2.75, 3.05) is 4.90 Å². The standard InChI is InChI=1S/C16H17NO2/c1-10-8-13-6-4-5-7-15(13)17(10)16(18)14-9-11(2)19-12(14)3/h4-7,9-10H,8H2,1-3H3/t10-/m1/s1. The molecule has 2 heterocycles. The van der Waals surface area contributed by atoms with Crippen LogP contribution < -0.4 is 4.90 Å². The third-order valence-corrected chi connectivity index (χ3v) is 3.70. The van der Waals surface area contributed by atoms with Crippen LogP contribution in [0.2, 0.25) is 0 Å². The van der Waals surface area contributed by atoms with E-state index >= 15 is 0 Å². The fraction of sp³-hybridized carbons (Fsp3) is 0.312. The van der Waals surface area contributed by atoms with E-state index < -0.39 is 0 Å². The summed E-state index contributed by atoms with van der Waals surface area (Å²) in [4.78, 5) is 14.6. The van der Waals surface area contributed by atoms with E-state index in [-0.39, 0.29) is 11.9 Å². The van der Waals surface area contributed by atoms with E-state index in [1.165, 1.54) is 5.56 Å². The normalized spacial score (nSPS) is 17.6. The van der Waals surface area contributed by atoms with Gasteiger partial charge in [-0.25, -0.2) is 0 Å². The molecule has 2 aromatic rings. The molecular formula is C16H17NO2. The van der Waals surface area contributed by atoms with Gasteiger partial charge in [0.05, 0.1) is 5.56 Å². The number of carbonyl (C=O) groups excluding carboxylic acids is 1. The molecule has 19 heavy (non-hydrogen) atoms. The largest absolute Gasteiger partial charge is 0.466 e. The molecule has 0 saturated carbocycles. The first-order valence-corrected chi connectivity index (χ1v) is 6.56. The number of fused-ring (bicyclic) bond motifs is 1. The minimum absolute atomic E-state index is 0.0341. The molecule has 0 fully saturated rings. The summed E-state index contributed by atoms with van der Waals surface area (Å²) in [5, 5.41) is 0. The predicted molar refractivity (Wildman–Crippen MR) is 74.6 cm³/mol. The van der Waals surface area contributed by atoms with Gasteiger partial charge in [-0.15, -0.1) is 0 Å². The summed E-state index contributed by atoms with van der Waals surface area (Å²) in [6.07, 6.45) is 0.914. The Morgan fingerprint density at radius 1 is 1.32 bits per heavy atom. The number of amides is 1. The lowest BCUT2D eigenvalue weighted by Crippen LogP contribution is -2.35. The van der Waals surface area contributed by atoms with E-state index in [2.05, 4.69) is 13.0 Å². The van der Waals surface area contributed by atoms with Crippen LogP contribution in [0.15, 0.2) is 34.7 Å². The lowest BCUT2D eigenvalue weighted by atomic mass is 10.1. The number of benzene rings is 1. The van der Waals surface area contributed by atoms with Gasteiger partial charge in [0.2, 0.25) is 0 Å². The lowest BCUT2D eigenvalue weighted by molar-refractivity contribution is 0.0980. The van der Waals surface area contributed by atoms with Crippen molar-refractivity contribution >= 4 is 11.6 Å². The molecule has 0 aliphatic carbocycles. The van der Waals surface area contributed by atoms with Crippen molar-refractivity contribution in [2.24, 2.45) is 0 Å². The van der Waals surface area contributed by atoms with Gasteiger partial charge in [0, 0.05) is 11.7 Å². The number of rotatable bonds is 1. The van der Waals surface area contributed by atoms with Crippen LogP contribution in [-0.2, 0) is 6.42 Å². The molecule has 1 aliphatic heterocycles. The van der Waals surface area contributed by atoms with Gasteiger partial charge in [-0.05, 0) is 44.9 Å². The van der Waals surface area contributed by atoms with E-state index in [4.69, 9.17) is 4.42 Å². The molecule has 1 atom stereocenters. The first kappa shape index (κ1) is 12.0. The first-order chi connectivity index (χ1) is 9.08. The van der Waals surface area contributed by atoms with Gasteiger partial charge >= 0.3 is 0 Å². The zero-order valence-corrected chi connectivity index (χ0v) is 11.4. The average molecular weight is 255 g/mol. The summed E-state index contributed by atoms with van der Waals surface area (Å²) in [5.74, 6) is 1.51. The van der Waals surface area contributed by atoms with Gasteiger partial charge in [0.1, 0.15) is 11.5 Å². The van der Waals surface area contributed by atoms with Gasteiger partial charge in [-0.1, -0.05) is 18.2 Å². The Hall–Kier alpha value is -2.03. The third-order valence-electron chi connectivity index (χ3n) is 3.70. The summed E-state index contributed by atoms with van der Waals surface area (Å²) < 4.78 is 5.47. The van der Waals surface area contributed by atoms with Gasteiger partial charge in [0.15, 0.2) is 0 Å². The summed E-state index contributed by atoms with van der Waals surface area (Å²) in [7, 11) is 0. The highest BCUT2D eigenvalue weighted by atomic mass is 16.3. The van der Waals surface area contributed by atoms with Gasteiger partial charge < -0.3 is 9.32 Å². The van der Waals surface area contributed by atoms with E-state index in [9.17, 15) is 4.79 Å². The highest BCUT2D eigenvalue weighted by Crippen LogP contribution is 2.33. The second kappa shape index (κ2) is 4.26. The Bertz CT molecular complexity index is 642. The summed E-state index contributed by atoms with van der Waals surface area (Å²) in [6, 6.07) is 10.1. The van der Waals surface area contributed by atoms with E-state index in [0.29, 0.717) is 11.3 Å². The number of hydrogen-bond acceptors (Lipinski definition) is 2. The van der Waals surface area contributed by atoms with E-state index in [0.717, 1.165) is 17.9 Å². The second-order valence-electron chi connectivity index (χ2n) is 5.18. The molecule has 0 bridgehead atoms. The Kier molecular flexibility index (Phi) is 2.70. The number of anilines is 1. The van der Waals surface area contributed by atoms with Crippen LogP contribution in [0.3, 0.4) is 0 Å². The van der Waals surface area contributed by atoms with E-state index in [1.807, 2.05) is 43.0 Å². The quantitative estimate of drug-likeness (QED) is 0.781. The molecule has 1 amide bonds. The topological polar surface area (TPSA) is 33.5 Å². The fourth-order valence-electron chi connectivity index (χ4n) is 2.85. The number of para-hydroxylation sites is 1. The van der Waals surface area contributed by atoms with Crippen molar-refractivity contribution in [1.29, 1.82) is 0 Å². The molecule has 0 spiro atoms. The molecule has 1 aliphatic rings. The predicted octanol–water partition coefficient (Wildman–Crippen LogP) is 3.49. The van der Waals surface area contributed by atoms with Crippen molar-refractivity contribution in [3.05, 3.63) is 53.0 Å². The molecule has 0 saturated heterocycles. The number of nitrogens with zero attached hydrogens (tertiary/aromatic N) is 1. The number of aryl methyl sites for hydroxylation is 2. The van der Waals surface area contributed by atoms with Crippen LogP contribution in [0.4, 0.5) is 5.69 Å². The van der Waals surface area contributed by atoms with Crippen LogP contribution in [-0.4, -0.2) is 11.9 Å². The molecule has 0 N–H and O–H groups in total. The Morgan fingerprint density at radius 3 is 2.74 bits per heavy atom. The maximum Gasteiger partial charge on any atom is 0.262 e. The highest BCUT2D eigenvalue weighted by molar-refractivity contribution is 6.08. The molecule has 0 unspecified atom stereocenters. The maximum absolute atomic E-state index is 12.7. The zero-order valence-electron chi connectivity index (χ0n) is 11.4. The molecule has 1 aromatic carbocycles. The number of carbonyl (C=O) groups is 1. The summed E-state index contributed by atoms with van der Waals surface area (Å²) >= 11 is 0. The van der Waals surface area contributed by atoms with Crippen molar-refractivity contribution in [1.82, 2.24) is 0 Å². The highest BCUT2D eigenvalue weighted by Gasteiger charge is 2.32. The molecule has 3 rings (SSSR count). The average Bonchev–Trinajstić information content (AvgIpc) is 2.87. The Labute approximate surface area is 112 Å². The van der Waals surface area contributed by atoms with Crippen molar-refractivity contribution in [3.63, 3.8) is 0 Å². The molecular weight excluding hydrogens is 238 g/mol. The van der Waals surface area contributed by atoms with Gasteiger partial charge in [0.25, 0.3) is 5.91 Å². The number of hydrogen-bond donors (Lipinski definition) is 0. The first-order valence-electron chi connectivity index (χ1n) is 6.56. The van der Waals surface area contributed by atoms with Crippen LogP contribution in [0.5, 0.6) is 0 Å². The molecule has 3 nitrogen and oxygen atoms in total. The number of furan rings is 1. The Balaban J connectivity index is 2.03. The van der Waals surface area contributed by atoms with Crippen LogP contribution in [0.1, 0.15) is 34.4 Å². The minimum Gasteiger partial charge on any atom is -0.466 e. The van der Waals surface area contributed by atoms with Crippen molar-refractivity contribution < 1.29 is 9.21 Å². The summed E-state index contributed by atoms with van der Waals surface area (Å²) in [6.45, 7) is 5.79. The molecule has 3 heteroatoms. The SMILES string of the molecule is Cc1cc(C(=O)N2c3ccccc3C[C@H]2C)c(C)o1. The van der Waals surface area contributed by atoms with Crippen LogP contribution in [0, 0.1) is 13.8 Å². The smallest absolute Gasteiger partial charge is 0.262 e. The Morgan fingerprint density at radius 2 is 2.05 bits per heavy atom. The van der Waals surface area contributed by atoms with Crippen molar-refractivity contribution in [2.45, 2.75) is 33.2 Å². The van der Waals surface area contributed by atoms with Gasteiger partial charge in [-0.2, -0.15) is 0 Å². The van der Waals surface area contributed by atoms with Crippen molar-refractivity contribution in [3.8, 4) is 0 Å². The van der Waals surface area contributed by atoms with E-state index in [1.54, 1.807) is 0 Å². The molecule has 0 radical (unpaired) electrons. The molecule has 98 valence electrons. The minimum atomic E-state index is 0.0341. The monoisotopic (exact) mass is 255 g/mol. The lowest BCUT2D eigenvalue weighted by Gasteiger charge is -2.22. The van der Waals surface area contributed by atoms with Gasteiger partial charge in [-0.3, -0.25) is 4.79 Å². The maximum atomic E-state index is 12.7. The third kappa shape index (κ3) is 1.86. The second-order valence-corrected chi connectivity index (χ2v) is 5.18. The zero-order chi connectivity index (χ0) is 13.6. The fourth-order valence-corrected chi connectivity index (χ4v) is 2.85.